The molecular weight excluding hydrogens is 362 g/mol. The van der Waals surface area contributed by atoms with E-state index in [-0.39, 0.29) is 0 Å². The van der Waals surface area contributed by atoms with Gasteiger partial charge in [0.15, 0.2) is 0 Å². The summed E-state index contributed by atoms with van der Waals surface area (Å²) < 4.78 is 153. The molecule has 0 aromatic rings. The van der Waals surface area contributed by atoms with Gasteiger partial charge in [0.25, 0.3) is 0 Å². The lowest BCUT2D eigenvalue weighted by molar-refractivity contribution is -0.413. The topological polar surface area (TPSA) is 26.0 Å². The fourth-order valence-electron chi connectivity index (χ4n) is 1.38. The van der Waals surface area contributed by atoms with Gasteiger partial charge in [-0.15, -0.1) is 0 Å². The van der Waals surface area contributed by atoms with E-state index in [0.717, 1.165) is 6.92 Å². The first-order chi connectivity index (χ1) is 9.90. The molecule has 0 aliphatic heterocycles. The Hall–Kier alpha value is -0.880. The number of hydrogen-bond acceptors (Lipinski definition) is 1. The highest BCUT2D eigenvalue weighted by Gasteiger charge is 2.87. The molecule has 0 bridgehead atoms. The second kappa shape index (κ2) is 6.20. The molecule has 2 N–H and O–H groups in total. The third kappa shape index (κ3) is 3.33. The summed E-state index contributed by atoms with van der Waals surface area (Å²) in [6.07, 6.45) is -8.20. The molecule has 0 aliphatic carbocycles. The van der Waals surface area contributed by atoms with Gasteiger partial charge in [-0.3, -0.25) is 0 Å². The first-order valence-corrected chi connectivity index (χ1v) is 5.83. The minimum Gasteiger partial charge on any atom is -0.327 e. The predicted octanol–water partition coefficient (Wildman–Crippen LogP) is 4.56. The van der Waals surface area contributed by atoms with Gasteiger partial charge in [0.1, 0.15) is 0 Å². The smallest absolute Gasteiger partial charge is 0.327 e. The molecule has 1 nitrogen and oxygen atoms in total. The van der Waals surface area contributed by atoms with Crippen LogP contribution in [-0.2, 0) is 0 Å². The van der Waals surface area contributed by atoms with Gasteiger partial charge >= 0.3 is 36.0 Å². The van der Waals surface area contributed by atoms with Gasteiger partial charge in [-0.1, -0.05) is 6.92 Å². The van der Waals surface area contributed by atoms with Crippen LogP contribution in [0.15, 0.2) is 0 Å². The number of rotatable bonds is 8. The number of hydrogen-bond donors (Lipinski definition) is 1. The molecule has 0 heterocycles. The van der Waals surface area contributed by atoms with E-state index in [2.05, 4.69) is 0 Å². The van der Waals surface area contributed by atoms with Gasteiger partial charge in [-0.05, 0) is 6.42 Å². The van der Waals surface area contributed by atoms with E-state index in [0.29, 0.717) is 0 Å². The molecular formula is C10H11F12N. The van der Waals surface area contributed by atoms with Crippen LogP contribution < -0.4 is 5.73 Å². The van der Waals surface area contributed by atoms with Crippen molar-refractivity contribution in [2.75, 3.05) is 0 Å². The third-order valence-corrected chi connectivity index (χ3v) is 2.98. The number of alkyl halides is 12. The summed E-state index contributed by atoms with van der Waals surface area (Å²) in [4.78, 5) is 0. The zero-order chi connectivity index (χ0) is 19.1. The molecule has 13 heteroatoms. The van der Waals surface area contributed by atoms with E-state index in [9.17, 15) is 52.7 Å². The second-order valence-corrected chi connectivity index (χ2v) is 4.72. The van der Waals surface area contributed by atoms with E-state index < -0.39 is 54.9 Å². The maximum absolute atomic E-state index is 13.2. The maximum atomic E-state index is 13.2. The summed E-state index contributed by atoms with van der Waals surface area (Å²) in [7, 11) is 0. The highest BCUT2D eigenvalue weighted by atomic mass is 19.4. The van der Waals surface area contributed by atoms with Crippen LogP contribution in [0.5, 0.6) is 0 Å². The number of halogens is 12. The van der Waals surface area contributed by atoms with Gasteiger partial charge in [-0.25, -0.2) is 8.78 Å². The molecule has 0 aromatic heterocycles. The molecule has 0 amide bonds. The molecule has 0 saturated heterocycles. The van der Waals surface area contributed by atoms with E-state index in [1.165, 1.54) is 0 Å². The molecule has 1 unspecified atom stereocenters. The summed E-state index contributed by atoms with van der Waals surface area (Å²) in [5.74, 6) is -34.9. The fourth-order valence-corrected chi connectivity index (χ4v) is 1.38. The monoisotopic (exact) mass is 373 g/mol. The SMILES string of the molecule is CCC(N)CC(F)(F)C(F)(F)C(F)(F)C(F)(F)C(F)(F)C(F)F. The van der Waals surface area contributed by atoms with Crippen LogP contribution in [-0.4, -0.2) is 42.1 Å². The Kier molecular flexibility index (Phi) is 5.97. The van der Waals surface area contributed by atoms with Crippen LogP contribution in [0.2, 0.25) is 0 Å². The van der Waals surface area contributed by atoms with Crippen molar-refractivity contribution in [3.05, 3.63) is 0 Å². The van der Waals surface area contributed by atoms with Crippen LogP contribution >= 0.6 is 0 Å². The molecule has 0 aliphatic rings. The highest BCUT2D eigenvalue weighted by Crippen LogP contribution is 2.58. The van der Waals surface area contributed by atoms with Crippen molar-refractivity contribution >= 4 is 0 Å². The summed E-state index contributed by atoms with van der Waals surface area (Å²) in [6, 6.07) is -1.85. The van der Waals surface area contributed by atoms with E-state index >= 15 is 0 Å². The van der Waals surface area contributed by atoms with Crippen LogP contribution in [0.25, 0.3) is 0 Å². The minimum absolute atomic E-state index is 0.458. The molecule has 0 saturated carbocycles. The Morgan fingerprint density at radius 3 is 1.43 bits per heavy atom. The van der Waals surface area contributed by atoms with Gasteiger partial charge in [0.05, 0.1) is 0 Å². The molecule has 0 aromatic carbocycles. The Balaban J connectivity index is 5.96. The molecule has 1 atom stereocenters. The normalized spacial score (nSPS) is 16.8. The molecule has 140 valence electrons. The van der Waals surface area contributed by atoms with Crippen LogP contribution in [0, 0.1) is 0 Å². The van der Waals surface area contributed by atoms with E-state index in [4.69, 9.17) is 5.73 Å². The predicted molar refractivity (Wildman–Crippen MR) is 53.6 cm³/mol. The van der Waals surface area contributed by atoms with Crippen molar-refractivity contribution in [3.63, 3.8) is 0 Å². The van der Waals surface area contributed by atoms with Gasteiger partial charge in [0.2, 0.25) is 0 Å². The Bertz CT molecular complexity index is 405. The lowest BCUT2D eigenvalue weighted by Gasteiger charge is -2.39. The molecule has 0 radical (unpaired) electrons. The van der Waals surface area contributed by atoms with Crippen molar-refractivity contribution in [2.24, 2.45) is 5.73 Å². The lowest BCUT2D eigenvalue weighted by atomic mass is 9.91. The standard InChI is InChI=1S/C10H11F12N/c1-2-4(23)3-6(13,14)8(17,18)10(21,22)9(19,20)7(15,16)5(11)12/h4-5H,2-3,23H2,1H3. The summed E-state index contributed by atoms with van der Waals surface area (Å²) in [6.45, 7) is 1.07. The van der Waals surface area contributed by atoms with Crippen molar-refractivity contribution in [3.8, 4) is 0 Å². The van der Waals surface area contributed by atoms with E-state index in [1.54, 1.807) is 0 Å². The first kappa shape index (κ1) is 22.1. The average molecular weight is 373 g/mol. The zero-order valence-electron chi connectivity index (χ0n) is 11.2. The number of nitrogens with two attached hydrogens (primary N) is 1. The van der Waals surface area contributed by atoms with Gasteiger partial charge in [0, 0.05) is 12.5 Å². The largest absolute Gasteiger partial charge is 0.384 e. The third-order valence-electron chi connectivity index (χ3n) is 2.98. The fraction of sp³-hybridized carbons (Fsp3) is 1.00. The summed E-state index contributed by atoms with van der Waals surface area (Å²) >= 11 is 0. The van der Waals surface area contributed by atoms with Crippen LogP contribution in [0.3, 0.4) is 0 Å². The Morgan fingerprint density at radius 2 is 1.13 bits per heavy atom. The molecule has 0 fully saturated rings. The van der Waals surface area contributed by atoms with Crippen LogP contribution in [0.1, 0.15) is 19.8 Å². The lowest BCUT2D eigenvalue weighted by Crippen LogP contribution is -2.69. The highest BCUT2D eigenvalue weighted by molar-refractivity contribution is 5.09. The molecule has 23 heavy (non-hydrogen) atoms. The zero-order valence-corrected chi connectivity index (χ0v) is 11.2. The van der Waals surface area contributed by atoms with Crippen molar-refractivity contribution < 1.29 is 52.7 Å². The van der Waals surface area contributed by atoms with E-state index in [1.807, 2.05) is 0 Å². The summed E-state index contributed by atoms with van der Waals surface area (Å²) in [5.41, 5.74) is 4.83. The van der Waals surface area contributed by atoms with Crippen LogP contribution in [0.4, 0.5) is 52.7 Å². The van der Waals surface area contributed by atoms with Gasteiger partial charge in [-0.2, -0.15) is 43.9 Å². The summed E-state index contributed by atoms with van der Waals surface area (Å²) in [5, 5.41) is 0. The average Bonchev–Trinajstić information content (AvgIpc) is 2.36. The Labute approximate surface area is 121 Å². The quantitative estimate of drug-likeness (QED) is 0.621. The first-order valence-electron chi connectivity index (χ1n) is 5.83. The Morgan fingerprint density at radius 1 is 0.739 bits per heavy atom. The molecule has 0 spiro atoms. The van der Waals surface area contributed by atoms with Crippen molar-refractivity contribution in [1.29, 1.82) is 0 Å². The maximum Gasteiger partial charge on any atom is 0.384 e. The van der Waals surface area contributed by atoms with Crippen molar-refractivity contribution in [1.82, 2.24) is 0 Å². The second-order valence-electron chi connectivity index (χ2n) is 4.72. The minimum atomic E-state index is -7.48. The van der Waals surface area contributed by atoms with Crippen molar-refractivity contribution in [2.45, 2.75) is 61.8 Å². The molecule has 0 rings (SSSR count). The van der Waals surface area contributed by atoms with Gasteiger partial charge < -0.3 is 5.73 Å².